The van der Waals surface area contributed by atoms with Gasteiger partial charge in [0.2, 0.25) is 0 Å². The van der Waals surface area contributed by atoms with Crippen LogP contribution in [-0.2, 0) is 4.79 Å². The van der Waals surface area contributed by atoms with Gasteiger partial charge in [0.1, 0.15) is 17.1 Å². The van der Waals surface area contributed by atoms with E-state index in [-0.39, 0.29) is 12.5 Å². The summed E-state index contributed by atoms with van der Waals surface area (Å²) in [6, 6.07) is 22.3. The molecule has 5 rings (SSSR count). The minimum atomic E-state index is -0.452. The minimum absolute atomic E-state index is 0.110. The Bertz CT molecular complexity index is 1420. The van der Waals surface area contributed by atoms with Crippen molar-refractivity contribution in [1.29, 1.82) is 0 Å². The van der Waals surface area contributed by atoms with Crippen molar-refractivity contribution < 1.29 is 18.7 Å². The third-order valence-corrected chi connectivity index (χ3v) is 6.74. The second kappa shape index (κ2) is 10.7. The molecule has 0 unspecified atom stereocenters. The molecule has 0 radical (unpaired) electrons. The number of ether oxygens (including phenoxy) is 2. The second-order valence-electron chi connectivity index (χ2n) is 9.14. The number of methoxy groups -OCH3 is 1. The van der Waals surface area contributed by atoms with Gasteiger partial charge in [0.15, 0.2) is 6.61 Å². The lowest BCUT2D eigenvalue weighted by Crippen LogP contribution is -2.20. The first-order chi connectivity index (χ1) is 17.6. The molecule has 3 aromatic carbocycles. The SMILES string of the molecule is COc1cc(NC(=O)COc2ccc(C3CCCCC3)cc2)ccc1-c1cc2ccccc2oc1=O. The third-order valence-electron chi connectivity index (χ3n) is 6.74. The molecule has 1 aromatic heterocycles. The highest BCUT2D eigenvalue weighted by atomic mass is 16.5. The number of rotatable bonds is 7. The van der Waals surface area contributed by atoms with E-state index in [4.69, 9.17) is 13.9 Å². The van der Waals surface area contributed by atoms with E-state index < -0.39 is 5.63 Å². The fourth-order valence-electron chi connectivity index (χ4n) is 4.86. The van der Waals surface area contributed by atoms with E-state index >= 15 is 0 Å². The topological polar surface area (TPSA) is 77.8 Å². The fourth-order valence-corrected chi connectivity index (χ4v) is 4.86. The summed E-state index contributed by atoms with van der Waals surface area (Å²) < 4.78 is 16.7. The van der Waals surface area contributed by atoms with Gasteiger partial charge in [0.05, 0.1) is 12.7 Å². The molecule has 0 aliphatic heterocycles. The Morgan fingerprint density at radius 2 is 1.72 bits per heavy atom. The number of nitrogens with one attached hydrogen (secondary N) is 1. The van der Waals surface area contributed by atoms with Gasteiger partial charge in [-0.1, -0.05) is 49.6 Å². The molecule has 1 aliphatic carbocycles. The zero-order valence-electron chi connectivity index (χ0n) is 20.3. The molecule has 6 heteroatoms. The molecule has 4 aromatic rings. The van der Waals surface area contributed by atoms with Gasteiger partial charge >= 0.3 is 5.63 Å². The summed E-state index contributed by atoms with van der Waals surface area (Å²) in [5, 5.41) is 3.64. The molecule has 0 spiro atoms. The molecule has 184 valence electrons. The summed E-state index contributed by atoms with van der Waals surface area (Å²) >= 11 is 0. The van der Waals surface area contributed by atoms with Crippen LogP contribution in [0.25, 0.3) is 22.1 Å². The van der Waals surface area contributed by atoms with E-state index in [2.05, 4.69) is 17.4 Å². The molecule has 0 saturated heterocycles. The number of fused-ring (bicyclic) bond motifs is 1. The van der Waals surface area contributed by atoms with Crippen molar-refractivity contribution in [2.24, 2.45) is 0 Å². The first kappa shape index (κ1) is 23.7. The molecule has 0 atom stereocenters. The Morgan fingerprint density at radius 3 is 2.50 bits per heavy atom. The smallest absolute Gasteiger partial charge is 0.344 e. The number of anilines is 1. The van der Waals surface area contributed by atoms with Crippen molar-refractivity contribution in [1.82, 2.24) is 0 Å². The Balaban J connectivity index is 1.24. The summed E-state index contributed by atoms with van der Waals surface area (Å²) in [7, 11) is 1.52. The number of hydrogen-bond donors (Lipinski definition) is 1. The number of amides is 1. The van der Waals surface area contributed by atoms with Crippen LogP contribution >= 0.6 is 0 Å². The first-order valence-corrected chi connectivity index (χ1v) is 12.3. The van der Waals surface area contributed by atoms with Crippen LogP contribution < -0.4 is 20.4 Å². The van der Waals surface area contributed by atoms with Crippen LogP contribution in [0.15, 0.2) is 82.0 Å². The maximum atomic E-state index is 12.6. The van der Waals surface area contributed by atoms with Crippen LogP contribution in [0.5, 0.6) is 11.5 Å². The Morgan fingerprint density at radius 1 is 0.944 bits per heavy atom. The lowest BCUT2D eigenvalue weighted by molar-refractivity contribution is -0.118. The number of carbonyl (C=O) groups is 1. The Kier molecular flexibility index (Phi) is 7.03. The molecular formula is C30H29NO5. The molecular weight excluding hydrogens is 454 g/mol. The Hall–Kier alpha value is -4.06. The molecule has 6 nitrogen and oxygen atoms in total. The maximum absolute atomic E-state index is 12.6. The van der Waals surface area contributed by atoms with Gasteiger partial charge in [-0.2, -0.15) is 0 Å². The van der Waals surface area contributed by atoms with Gasteiger partial charge in [-0.15, -0.1) is 0 Å². The number of benzene rings is 3. The second-order valence-corrected chi connectivity index (χ2v) is 9.14. The van der Waals surface area contributed by atoms with Gasteiger partial charge in [0.25, 0.3) is 5.91 Å². The van der Waals surface area contributed by atoms with Gasteiger partial charge in [-0.05, 0) is 60.7 Å². The Labute approximate surface area is 209 Å². The van der Waals surface area contributed by atoms with Crippen molar-refractivity contribution in [2.75, 3.05) is 19.0 Å². The lowest BCUT2D eigenvalue weighted by atomic mass is 9.84. The molecule has 0 bridgehead atoms. The van der Waals surface area contributed by atoms with Gasteiger partial charge in [0, 0.05) is 22.7 Å². The number of hydrogen-bond acceptors (Lipinski definition) is 5. The normalized spacial score (nSPS) is 13.9. The molecule has 1 aliphatic rings. The van der Waals surface area contributed by atoms with Crippen LogP contribution in [-0.4, -0.2) is 19.6 Å². The highest BCUT2D eigenvalue weighted by Gasteiger charge is 2.16. The van der Waals surface area contributed by atoms with E-state index in [0.717, 1.165) is 5.39 Å². The first-order valence-electron chi connectivity index (χ1n) is 12.3. The highest BCUT2D eigenvalue weighted by Crippen LogP contribution is 2.34. The van der Waals surface area contributed by atoms with Crippen LogP contribution in [0.1, 0.15) is 43.6 Å². The van der Waals surface area contributed by atoms with Crippen LogP contribution in [0.2, 0.25) is 0 Å². The molecule has 1 fully saturated rings. The summed E-state index contributed by atoms with van der Waals surface area (Å²) in [6.45, 7) is -0.110. The highest BCUT2D eigenvalue weighted by molar-refractivity contribution is 5.93. The van der Waals surface area contributed by atoms with Crippen LogP contribution in [0, 0.1) is 0 Å². The molecule has 1 N–H and O–H groups in total. The van der Waals surface area contributed by atoms with Crippen LogP contribution in [0.3, 0.4) is 0 Å². The maximum Gasteiger partial charge on any atom is 0.344 e. The van der Waals surface area contributed by atoms with E-state index in [9.17, 15) is 9.59 Å². The summed E-state index contributed by atoms with van der Waals surface area (Å²) in [6.07, 6.45) is 6.42. The largest absolute Gasteiger partial charge is 0.496 e. The van der Waals surface area contributed by atoms with Crippen molar-refractivity contribution >= 4 is 22.6 Å². The van der Waals surface area contributed by atoms with E-state index in [1.807, 2.05) is 30.3 Å². The lowest BCUT2D eigenvalue weighted by Gasteiger charge is -2.22. The van der Waals surface area contributed by atoms with Gasteiger partial charge in [-0.3, -0.25) is 4.79 Å². The van der Waals surface area contributed by atoms with Crippen LogP contribution in [0.4, 0.5) is 5.69 Å². The van der Waals surface area contributed by atoms with E-state index in [0.29, 0.717) is 39.8 Å². The average molecular weight is 484 g/mol. The van der Waals surface area contributed by atoms with Crippen molar-refractivity contribution in [2.45, 2.75) is 38.0 Å². The van der Waals surface area contributed by atoms with Gasteiger partial charge in [-0.25, -0.2) is 4.79 Å². The zero-order valence-corrected chi connectivity index (χ0v) is 20.3. The molecule has 1 amide bonds. The number of carbonyl (C=O) groups excluding carboxylic acids is 1. The molecule has 1 saturated carbocycles. The predicted molar refractivity (Wildman–Crippen MR) is 141 cm³/mol. The average Bonchev–Trinajstić information content (AvgIpc) is 2.92. The van der Waals surface area contributed by atoms with E-state index in [1.54, 1.807) is 30.3 Å². The van der Waals surface area contributed by atoms with Crippen molar-refractivity contribution in [3.8, 4) is 22.6 Å². The van der Waals surface area contributed by atoms with Gasteiger partial charge < -0.3 is 19.2 Å². The summed E-state index contributed by atoms with van der Waals surface area (Å²) in [4.78, 5) is 25.1. The number of para-hydroxylation sites is 1. The fraction of sp³-hybridized carbons (Fsp3) is 0.267. The zero-order chi connectivity index (χ0) is 24.9. The van der Waals surface area contributed by atoms with E-state index in [1.165, 1.54) is 44.8 Å². The summed E-state index contributed by atoms with van der Waals surface area (Å²) in [5.74, 6) is 1.47. The third kappa shape index (κ3) is 5.28. The molecule has 1 heterocycles. The minimum Gasteiger partial charge on any atom is -0.496 e. The standard InChI is InChI=1S/C30H29NO5/c1-34-28-18-23(13-16-25(28)26-17-22-9-5-6-10-27(22)36-30(26)33)31-29(32)19-35-24-14-11-21(12-15-24)20-7-3-2-4-8-20/h5-6,9-18,20H,2-4,7-8,19H2,1H3,(H,31,32). The molecule has 36 heavy (non-hydrogen) atoms. The van der Waals surface area contributed by atoms with Crippen molar-refractivity contribution in [3.05, 3.63) is 88.8 Å². The quantitative estimate of drug-likeness (QED) is 0.302. The predicted octanol–water partition coefficient (Wildman–Crippen LogP) is 6.53. The summed E-state index contributed by atoms with van der Waals surface area (Å²) in [5.41, 5.74) is 2.94. The monoisotopic (exact) mass is 483 g/mol. The van der Waals surface area contributed by atoms with Crippen molar-refractivity contribution in [3.63, 3.8) is 0 Å².